The van der Waals surface area contributed by atoms with Crippen molar-refractivity contribution in [2.24, 2.45) is 0 Å². The van der Waals surface area contributed by atoms with Gasteiger partial charge in [-0.15, -0.1) is 0 Å². The van der Waals surface area contributed by atoms with Crippen molar-refractivity contribution in [3.05, 3.63) is 23.3 Å². The third-order valence-electron chi connectivity index (χ3n) is 3.76. The number of phenolic OH excluding ortho intramolecular Hbond substituents is 2. The second-order valence-corrected chi connectivity index (χ2v) is 4.84. The first-order chi connectivity index (χ1) is 7.27. The molecule has 2 aliphatic carbocycles. The van der Waals surface area contributed by atoms with Gasteiger partial charge in [0.2, 0.25) is 0 Å². The molecule has 0 amide bonds. The van der Waals surface area contributed by atoms with Gasteiger partial charge in [0.05, 0.1) is 0 Å². The van der Waals surface area contributed by atoms with Gasteiger partial charge in [-0.2, -0.15) is 0 Å². The monoisotopic (exact) mass is 204 g/mol. The largest absolute Gasteiger partial charge is 0.504 e. The Balaban J connectivity index is 2.08. The van der Waals surface area contributed by atoms with E-state index < -0.39 is 0 Å². The van der Waals surface area contributed by atoms with E-state index in [-0.39, 0.29) is 11.5 Å². The molecule has 0 bridgehead atoms. The lowest BCUT2D eigenvalue weighted by atomic mass is 9.77. The van der Waals surface area contributed by atoms with Crippen molar-refractivity contribution in [2.45, 2.75) is 43.9 Å². The van der Waals surface area contributed by atoms with E-state index in [1.54, 1.807) is 6.07 Å². The predicted octanol–water partition coefficient (Wildman–Crippen LogP) is 3.24. The average Bonchev–Trinajstić information content (AvgIpc) is 2.93. The molecule has 1 aromatic carbocycles. The minimum absolute atomic E-state index is 0.0429. The summed E-state index contributed by atoms with van der Waals surface area (Å²) in [6.45, 7) is 0. The summed E-state index contributed by atoms with van der Waals surface area (Å²) in [6, 6.07) is 3.63. The summed E-state index contributed by atoms with van der Waals surface area (Å²) in [4.78, 5) is 0. The Hall–Kier alpha value is -1.18. The fourth-order valence-corrected chi connectivity index (χ4v) is 2.49. The molecule has 2 N–H and O–H groups in total. The van der Waals surface area contributed by atoms with Crippen LogP contribution in [0, 0.1) is 0 Å². The summed E-state index contributed by atoms with van der Waals surface area (Å²) < 4.78 is 0. The molecule has 0 unspecified atom stereocenters. The molecule has 2 fully saturated rings. The van der Waals surface area contributed by atoms with Crippen molar-refractivity contribution in [1.29, 1.82) is 0 Å². The molecule has 0 atom stereocenters. The molecular weight excluding hydrogens is 188 g/mol. The number of hydrogen-bond donors (Lipinski definition) is 2. The normalized spacial score (nSPS) is 21.3. The lowest BCUT2D eigenvalue weighted by Crippen LogP contribution is -2.11. The van der Waals surface area contributed by atoms with Crippen LogP contribution in [-0.4, -0.2) is 10.2 Å². The first-order valence-electron chi connectivity index (χ1n) is 5.82. The first-order valence-corrected chi connectivity index (χ1v) is 5.82. The SMILES string of the molecule is Oc1ccc(C2CC2)c(C2CCC2)c1O. The smallest absolute Gasteiger partial charge is 0.161 e. The van der Waals surface area contributed by atoms with E-state index >= 15 is 0 Å². The van der Waals surface area contributed by atoms with Crippen molar-refractivity contribution >= 4 is 0 Å². The Bertz CT molecular complexity index is 390. The molecule has 0 radical (unpaired) electrons. The van der Waals surface area contributed by atoms with Gasteiger partial charge >= 0.3 is 0 Å². The van der Waals surface area contributed by atoms with E-state index in [0.29, 0.717) is 11.8 Å². The highest BCUT2D eigenvalue weighted by Gasteiger charge is 2.33. The van der Waals surface area contributed by atoms with Crippen LogP contribution in [-0.2, 0) is 0 Å². The van der Waals surface area contributed by atoms with E-state index in [4.69, 9.17) is 0 Å². The molecule has 0 saturated heterocycles. The summed E-state index contributed by atoms with van der Waals surface area (Å²) in [5.41, 5.74) is 2.33. The third-order valence-corrected chi connectivity index (χ3v) is 3.76. The van der Waals surface area contributed by atoms with Crippen molar-refractivity contribution in [3.8, 4) is 11.5 Å². The second kappa shape index (κ2) is 3.16. The topological polar surface area (TPSA) is 40.5 Å². The number of hydrogen-bond acceptors (Lipinski definition) is 2. The molecule has 80 valence electrons. The van der Waals surface area contributed by atoms with Gasteiger partial charge in [0.15, 0.2) is 11.5 Å². The van der Waals surface area contributed by atoms with E-state index in [1.165, 1.54) is 24.8 Å². The van der Waals surface area contributed by atoms with Gasteiger partial charge in [0.25, 0.3) is 0 Å². The van der Waals surface area contributed by atoms with Gasteiger partial charge in [0.1, 0.15) is 0 Å². The minimum Gasteiger partial charge on any atom is -0.504 e. The highest BCUT2D eigenvalue weighted by molar-refractivity contribution is 5.53. The fourth-order valence-electron chi connectivity index (χ4n) is 2.49. The van der Waals surface area contributed by atoms with Crippen LogP contribution in [0.25, 0.3) is 0 Å². The van der Waals surface area contributed by atoms with E-state index in [9.17, 15) is 10.2 Å². The van der Waals surface area contributed by atoms with Crippen molar-refractivity contribution in [3.63, 3.8) is 0 Å². The molecule has 15 heavy (non-hydrogen) atoms. The van der Waals surface area contributed by atoms with E-state index in [1.807, 2.05) is 6.07 Å². The number of phenols is 2. The van der Waals surface area contributed by atoms with Gasteiger partial charge < -0.3 is 10.2 Å². The van der Waals surface area contributed by atoms with Crippen LogP contribution < -0.4 is 0 Å². The maximum atomic E-state index is 9.94. The molecule has 0 aliphatic heterocycles. The Labute approximate surface area is 89.6 Å². The Morgan fingerprint density at radius 2 is 1.67 bits per heavy atom. The summed E-state index contributed by atoms with van der Waals surface area (Å²) in [5.74, 6) is 1.32. The third kappa shape index (κ3) is 1.39. The highest BCUT2D eigenvalue weighted by Crippen LogP contribution is 2.51. The highest BCUT2D eigenvalue weighted by atomic mass is 16.3. The number of benzene rings is 1. The van der Waals surface area contributed by atoms with E-state index in [2.05, 4.69) is 0 Å². The zero-order chi connectivity index (χ0) is 10.4. The molecule has 3 rings (SSSR count). The zero-order valence-corrected chi connectivity index (χ0v) is 8.74. The summed E-state index contributed by atoms with van der Waals surface area (Å²) in [6.07, 6.45) is 6.06. The maximum absolute atomic E-state index is 9.94. The van der Waals surface area contributed by atoms with Crippen LogP contribution in [0.4, 0.5) is 0 Å². The molecule has 1 aromatic rings. The van der Waals surface area contributed by atoms with Gasteiger partial charge in [-0.25, -0.2) is 0 Å². The van der Waals surface area contributed by atoms with Crippen molar-refractivity contribution in [2.75, 3.05) is 0 Å². The molecule has 2 nitrogen and oxygen atoms in total. The molecule has 2 saturated carbocycles. The first kappa shape index (κ1) is 9.08. The summed E-state index contributed by atoms with van der Waals surface area (Å²) >= 11 is 0. The van der Waals surface area contributed by atoms with Crippen LogP contribution in [0.15, 0.2) is 12.1 Å². The molecule has 0 spiro atoms. The van der Waals surface area contributed by atoms with Gasteiger partial charge in [-0.05, 0) is 49.1 Å². The van der Waals surface area contributed by atoms with Crippen LogP contribution >= 0.6 is 0 Å². The summed E-state index contributed by atoms with van der Waals surface area (Å²) in [7, 11) is 0. The molecule has 2 heteroatoms. The molecule has 2 aliphatic rings. The zero-order valence-electron chi connectivity index (χ0n) is 8.74. The van der Waals surface area contributed by atoms with Gasteiger partial charge in [0, 0.05) is 5.56 Å². The van der Waals surface area contributed by atoms with E-state index in [0.717, 1.165) is 18.4 Å². The van der Waals surface area contributed by atoms with Crippen LogP contribution in [0.5, 0.6) is 11.5 Å². The summed E-state index contributed by atoms with van der Waals surface area (Å²) in [5, 5.41) is 19.5. The Morgan fingerprint density at radius 1 is 0.933 bits per heavy atom. The second-order valence-electron chi connectivity index (χ2n) is 4.84. The number of rotatable bonds is 2. The van der Waals surface area contributed by atoms with Gasteiger partial charge in [-0.3, -0.25) is 0 Å². The fraction of sp³-hybridized carbons (Fsp3) is 0.538. The standard InChI is InChI=1S/C13H16O2/c14-11-7-6-10(8-4-5-8)12(13(11)15)9-2-1-3-9/h6-9,14-15H,1-5H2. The average molecular weight is 204 g/mol. The van der Waals surface area contributed by atoms with Crippen LogP contribution in [0.2, 0.25) is 0 Å². The van der Waals surface area contributed by atoms with Crippen molar-refractivity contribution in [1.82, 2.24) is 0 Å². The maximum Gasteiger partial charge on any atom is 0.161 e. The molecular formula is C13H16O2. The van der Waals surface area contributed by atoms with Crippen LogP contribution in [0.1, 0.15) is 55.1 Å². The lowest BCUT2D eigenvalue weighted by Gasteiger charge is -2.29. The quantitative estimate of drug-likeness (QED) is 0.726. The lowest BCUT2D eigenvalue weighted by molar-refractivity contribution is 0.367. The number of aromatic hydroxyl groups is 2. The van der Waals surface area contributed by atoms with Crippen LogP contribution in [0.3, 0.4) is 0 Å². The Morgan fingerprint density at radius 3 is 2.20 bits per heavy atom. The predicted molar refractivity (Wildman–Crippen MR) is 58.3 cm³/mol. The molecule has 0 aromatic heterocycles. The van der Waals surface area contributed by atoms with Gasteiger partial charge in [-0.1, -0.05) is 12.5 Å². The molecule has 0 heterocycles. The van der Waals surface area contributed by atoms with Crippen molar-refractivity contribution < 1.29 is 10.2 Å². The Kier molecular flexibility index (Phi) is 1.91. The minimum atomic E-state index is 0.0429.